The van der Waals surface area contributed by atoms with Crippen LogP contribution in [0.3, 0.4) is 0 Å². The number of hydrogen-bond acceptors (Lipinski definition) is 5. The van der Waals surface area contributed by atoms with Crippen molar-refractivity contribution in [3.63, 3.8) is 0 Å². The Morgan fingerprint density at radius 2 is 2.24 bits per heavy atom. The molecule has 1 fully saturated rings. The Morgan fingerprint density at radius 1 is 1.52 bits per heavy atom. The maximum Gasteiger partial charge on any atom is 0.306 e. The van der Waals surface area contributed by atoms with E-state index in [0.29, 0.717) is 25.8 Å². The molecule has 5 nitrogen and oxygen atoms in total. The molecule has 3 atom stereocenters. The molecule has 1 aliphatic heterocycles. The van der Waals surface area contributed by atoms with Crippen molar-refractivity contribution in [1.29, 1.82) is 0 Å². The molecule has 0 aliphatic carbocycles. The van der Waals surface area contributed by atoms with E-state index in [2.05, 4.69) is 5.32 Å². The monoisotopic (exact) mass is 290 g/mol. The molecular formula is C16H22N2O3. The number of rotatable bonds is 6. The first-order chi connectivity index (χ1) is 10.1. The van der Waals surface area contributed by atoms with Crippen LogP contribution in [0.2, 0.25) is 0 Å². The number of carbonyl (C=O) groups excluding carboxylic acids is 2. The van der Waals surface area contributed by atoms with Gasteiger partial charge < -0.3 is 15.3 Å². The Kier molecular flexibility index (Phi) is 5.09. The zero-order chi connectivity index (χ0) is 15.3. The molecule has 3 unspecified atom stereocenters. The third-order valence-corrected chi connectivity index (χ3v) is 3.99. The smallest absolute Gasteiger partial charge is 0.306 e. The molecule has 0 radical (unpaired) electrons. The molecule has 0 aromatic heterocycles. The van der Waals surface area contributed by atoms with Gasteiger partial charge in [-0.05, 0) is 12.0 Å². The summed E-state index contributed by atoms with van der Waals surface area (Å²) in [6.45, 7) is 2.53. The largest absolute Gasteiger partial charge is 0.455 e. The minimum Gasteiger partial charge on any atom is -0.455 e. The van der Waals surface area contributed by atoms with Gasteiger partial charge in [0, 0.05) is 19.4 Å². The number of hydrogen-bond donors (Lipinski definition) is 2. The molecule has 1 saturated heterocycles. The summed E-state index contributed by atoms with van der Waals surface area (Å²) in [6, 6.07) is 9.33. The molecule has 0 amide bonds. The second kappa shape index (κ2) is 6.83. The van der Waals surface area contributed by atoms with Gasteiger partial charge in [0.05, 0.1) is 12.1 Å². The lowest BCUT2D eigenvalue weighted by atomic mass is 9.80. The quantitative estimate of drug-likeness (QED) is 0.610. The fourth-order valence-corrected chi connectivity index (χ4v) is 2.88. The van der Waals surface area contributed by atoms with E-state index in [1.54, 1.807) is 0 Å². The van der Waals surface area contributed by atoms with Crippen LogP contribution in [0.4, 0.5) is 0 Å². The van der Waals surface area contributed by atoms with Crippen molar-refractivity contribution in [3.8, 4) is 0 Å². The van der Waals surface area contributed by atoms with Gasteiger partial charge in [-0.2, -0.15) is 0 Å². The predicted molar refractivity (Wildman–Crippen MR) is 79.6 cm³/mol. The van der Waals surface area contributed by atoms with Crippen LogP contribution in [0.1, 0.15) is 37.7 Å². The molecule has 1 aromatic carbocycles. The van der Waals surface area contributed by atoms with Crippen LogP contribution in [0.5, 0.6) is 0 Å². The Balaban J connectivity index is 2.34. The molecule has 2 rings (SSSR count). The number of carbonyl (C=O) groups is 2. The van der Waals surface area contributed by atoms with Gasteiger partial charge in [-0.3, -0.25) is 10.1 Å². The molecular weight excluding hydrogens is 268 g/mol. The number of esters is 1. The Morgan fingerprint density at radius 3 is 2.76 bits per heavy atom. The minimum atomic E-state index is -1.00. The van der Waals surface area contributed by atoms with Crippen molar-refractivity contribution >= 4 is 12.3 Å². The zero-order valence-corrected chi connectivity index (χ0v) is 12.2. The summed E-state index contributed by atoms with van der Waals surface area (Å²) in [6.07, 6.45) is 1.85. The van der Waals surface area contributed by atoms with Crippen LogP contribution in [0, 0.1) is 0 Å². The third-order valence-electron chi connectivity index (χ3n) is 3.99. The van der Waals surface area contributed by atoms with Crippen LogP contribution >= 0.6 is 0 Å². The average molecular weight is 290 g/mol. The van der Waals surface area contributed by atoms with Crippen LogP contribution in [-0.4, -0.2) is 30.6 Å². The van der Waals surface area contributed by atoms with Crippen LogP contribution < -0.4 is 11.1 Å². The van der Waals surface area contributed by atoms with Crippen molar-refractivity contribution in [3.05, 3.63) is 35.9 Å². The van der Waals surface area contributed by atoms with Gasteiger partial charge in [0.15, 0.2) is 5.60 Å². The standard InChI is InChI=1S/C16H22N2O3/c1-2-6-14(20)21-16(9-10-18-15(16)17)13(11-19)12-7-4-3-5-8-12/h3-5,7-8,11,13,15,18H,2,6,9-10,17H2,1H3. The normalized spacial score (nSPS) is 26.3. The van der Waals surface area contributed by atoms with E-state index < -0.39 is 17.7 Å². The Labute approximate surface area is 124 Å². The van der Waals surface area contributed by atoms with E-state index in [1.165, 1.54) is 0 Å². The average Bonchev–Trinajstić information content (AvgIpc) is 2.83. The van der Waals surface area contributed by atoms with E-state index in [-0.39, 0.29) is 5.97 Å². The van der Waals surface area contributed by atoms with E-state index in [9.17, 15) is 9.59 Å². The van der Waals surface area contributed by atoms with Crippen LogP contribution in [0.25, 0.3) is 0 Å². The van der Waals surface area contributed by atoms with Gasteiger partial charge in [-0.15, -0.1) is 0 Å². The first kappa shape index (κ1) is 15.7. The van der Waals surface area contributed by atoms with Gasteiger partial charge >= 0.3 is 5.97 Å². The molecule has 5 heteroatoms. The topological polar surface area (TPSA) is 81.4 Å². The highest BCUT2D eigenvalue weighted by Gasteiger charge is 2.51. The van der Waals surface area contributed by atoms with Crippen molar-refractivity contribution < 1.29 is 14.3 Å². The maximum absolute atomic E-state index is 12.0. The van der Waals surface area contributed by atoms with Crippen molar-refractivity contribution in [1.82, 2.24) is 5.32 Å². The summed E-state index contributed by atoms with van der Waals surface area (Å²) in [4.78, 5) is 23.7. The Hall–Kier alpha value is -1.72. The lowest BCUT2D eigenvalue weighted by molar-refractivity contribution is -0.164. The number of aldehydes is 1. The SMILES string of the molecule is CCCC(=O)OC1(C(C=O)c2ccccc2)CCNC1N. The third kappa shape index (κ3) is 3.14. The van der Waals surface area contributed by atoms with E-state index in [4.69, 9.17) is 10.5 Å². The van der Waals surface area contributed by atoms with E-state index in [1.807, 2.05) is 37.3 Å². The second-order valence-electron chi connectivity index (χ2n) is 5.39. The first-order valence-electron chi connectivity index (χ1n) is 7.35. The van der Waals surface area contributed by atoms with Crippen LogP contribution in [0.15, 0.2) is 30.3 Å². The summed E-state index contributed by atoms with van der Waals surface area (Å²) in [5.41, 5.74) is 5.94. The van der Waals surface area contributed by atoms with Gasteiger partial charge in [0.25, 0.3) is 0 Å². The lowest BCUT2D eigenvalue weighted by Crippen LogP contribution is -2.56. The molecule has 0 spiro atoms. The van der Waals surface area contributed by atoms with Gasteiger partial charge in [0.1, 0.15) is 6.29 Å². The fraction of sp³-hybridized carbons (Fsp3) is 0.500. The highest BCUT2D eigenvalue weighted by Crippen LogP contribution is 2.38. The summed E-state index contributed by atoms with van der Waals surface area (Å²) in [5, 5.41) is 3.08. The van der Waals surface area contributed by atoms with Crippen molar-refractivity contribution in [2.45, 2.75) is 43.9 Å². The Bertz CT molecular complexity index is 492. The fourth-order valence-electron chi connectivity index (χ4n) is 2.88. The van der Waals surface area contributed by atoms with Gasteiger partial charge in [-0.25, -0.2) is 0 Å². The lowest BCUT2D eigenvalue weighted by Gasteiger charge is -2.37. The number of nitrogens with two attached hydrogens (primary N) is 1. The highest BCUT2D eigenvalue weighted by molar-refractivity contribution is 5.72. The number of ether oxygens (including phenoxy) is 1. The van der Waals surface area contributed by atoms with Crippen molar-refractivity contribution in [2.24, 2.45) is 5.73 Å². The summed E-state index contributed by atoms with van der Waals surface area (Å²) in [7, 11) is 0. The molecule has 0 bridgehead atoms. The van der Waals surface area contributed by atoms with Gasteiger partial charge in [-0.1, -0.05) is 37.3 Å². The number of benzene rings is 1. The molecule has 114 valence electrons. The van der Waals surface area contributed by atoms with Crippen molar-refractivity contribution in [2.75, 3.05) is 6.54 Å². The first-order valence-corrected chi connectivity index (χ1v) is 7.35. The summed E-state index contributed by atoms with van der Waals surface area (Å²) >= 11 is 0. The molecule has 21 heavy (non-hydrogen) atoms. The predicted octanol–water partition coefficient (Wildman–Crippen LogP) is 1.33. The molecule has 0 saturated carbocycles. The molecule has 1 aromatic rings. The zero-order valence-electron chi connectivity index (χ0n) is 12.2. The van der Waals surface area contributed by atoms with E-state index in [0.717, 1.165) is 11.8 Å². The second-order valence-corrected chi connectivity index (χ2v) is 5.39. The highest BCUT2D eigenvalue weighted by atomic mass is 16.6. The summed E-state index contributed by atoms with van der Waals surface area (Å²) < 4.78 is 5.70. The number of nitrogens with one attached hydrogen (secondary N) is 1. The minimum absolute atomic E-state index is 0.306. The van der Waals surface area contributed by atoms with Gasteiger partial charge in [0.2, 0.25) is 0 Å². The molecule has 1 aliphatic rings. The van der Waals surface area contributed by atoms with Crippen LogP contribution in [-0.2, 0) is 14.3 Å². The molecule has 1 heterocycles. The van der Waals surface area contributed by atoms with E-state index >= 15 is 0 Å². The maximum atomic E-state index is 12.0. The molecule has 3 N–H and O–H groups in total. The summed E-state index contributed by atoms with van der Waals surface area (Å²) in [5.74, 6) is -0.871.